The van der Waals surface area contributed by atoms with E-state index >= 15 is 0 Å². The van der Waals surface area contributed by atoms with Crippen LogP contribution in [0, 0.1) is 0 Å². The number of H-pyrrole nitrogens is 1. The molecule has 0 aromatic carbocycles. The van der Waals surface area contributed by atoms with E-state index in [9.17, 15) is 4.79 Å². The Morgan fingerprint density at radius 1 is 1.61 bits per heavy atom. The molecule has 7 heteroatoms. The highest BCUT2D eigenvalue weighted by molar-refractivity contribution is 7.99. The van der Waals surface area contributed by atoms with Crippen LogP contribution >= 0.6 is 11.8 Å². The molecular formula is C11H22N4O2S. The molecule has 1 aromatic heterocycles. The summed E-state index contributed by atoms with van der Waals surface area (Å²) in [6.07, 6.45) is 0. The highest BCUT2D eigenvalue weighted by Gasteiger charge is 2.29. The highest BCUT2D eigenvalue weighted by Crippen LogP contribution is 2.21. The second-order valence-corrected chi connectivity index (χ2v) is 5.59. The summed E-state index contributed by atoms with van der Waals surface area (Å²) >= 11 is 1.54. The summed E-state index contributed by atoms with van der Waals surface area (Å²) in [5.41, 5.74) is -0.457. The van der Waals surface area contributed by atoms with Crippen LogP contribution in [0.1, 0.15) is 20.8 Å². The van der Waals surface area contributed by atoms with Gasteiger partial charge in [-0.1, -0.05) is 18.7 Å². The van der Waals surface area contributed by atoms with Gasteiger partial charge in [-0.2, -0.15) is 0 Å². The average Bonchev–Trinajstić information content (AvgIpc) is 2.65. The van der Waals surface area contributed by atoms with Crippen molar-refractivity contribution in [1.29, 1.82) is 0 Å². The van der Waals surface area contributed by atoms with E-state index in [1.54, 1.807) is 14.2 Å². The van der Waals surface area contributed by atoms with Crippen LogP contribution in [0.3, 0.4) is 0 Å². The van der Waals surface area contributed by atoms with Crippen LogP contribution in [0.25, 0.3) is 0 Å². The number of methoxy groups -OCH3 is 1. The maximum atomic E-state index is 11.3. The molecule has 2 N–H and O–H groups in total. The fourth-order valence-electron chi connectivity index (χ4n) is 1.51. The number of rotatable bonds is 7. The molecule has 0 amide bonds. The van der Waals surface area contributed by atoms with Gasteiger partial charge >= 0.3 is 5.69 Å². The lowest BCUT2D eigenvalue weighted by molar-refractivity contribution is -0.00311. The first kappa shape index (κ1) is 15.3. The van der Waals surface area contributed by atoms with E-state index in [0.29, 0.717) is 5.16 Å². The molecule has 0 saturated carbocycles. The molecule has 0 aliphatic heterocycles. The normalized spacial score (nSPS) is 13.8. The van der Waals surface area contributed by atoms with Gasteiger partial charge in [0.1, 0.15) is 0 Å². The number of thioether (sulfide) groups is 1. The SMILES string of the molecule is CCNC(CSc1n[nH]c(=O)n1C)C(C)(C)OC. The lowest BCUT2D eigenvalue weighted by atomic mass is 10.0. The summed E-state index contributed by atoms with van der Waals surface area (Å²) in [6, 6.07) is 0.185. The largest absolute Gasteiger partial charge is 0.377 e. The highest BCUT2D eigenvalue weighted by atomic mass is 32.2. The van der Waals surface area contributed by atoms with Crippen molar-refractivity contribution in [3.63, 3.8) is 0 Å². The third-order valence-electron chi connectivity index (χ3n) is 3.03. The molecule has 104 valence electrons. The quantitative estimate of drug-likeness (QED) is 0.713. The van der Waals surface area contributed by atoms with Gasteiger partial charge in [0, 0.05) is 26.0 Å². The Balaban J connectivity index is 2.68. The summed E-state index contributed by atoms with van der Waals surface area (Å²) in [4.78, 5) is 11.3. The molecular weight excluding hydrogens is 252 g/mol. The Hall–Kier alpha value is -0.790. The average molecular weight is 274 g/mol. The molecule has 1 atom stereocenters. The molecule has 0 saturated heterocycles. The van der Waals surface area contributed by atoms with Crippen molar-refractivity contribution in [2.45, 2.75) is 37.6 Å². The molecule has 0 aliphatic rings. The third-order valence-corrected chi connectivity index (χ3v) is 4.16. The zero-order chi connectivity index (χ0) is 13.8. The van der Waals surface area contributed by atoms with Crippen molar-refractivity contribution in [2.75, 3.05) is 19.4 Å². The van der Waals surface area contributed by atoms with Crippen molar-refractivity contribution in [3.8, 4) is 0 Å². The number of nitrogens with zero attached hydrogens (tertiary/aromatic N) is 2. The molecule has 0 aliphatic carbocycles. The minimum Gasteiger partial charge on any atom is -0.377 e. The summed E-state index contributed by atoms with van der Waals surface area (Å²) in [6.45, 7) is 7.03. The fourth-order valence-corrected chi connectivity index (χ4v) is 2.74. The number of aromatic amines is 1. The first-order valence-electron chi connectivity index (χ1n) is 5.95. The van der Waals surface area contributed by atoms with E-state index in [1.165, 1.54) is 16.3 Å². The van der Waals surface area contributed by atoms with Gasteiger partial charge in [0.2, 0.25) is 0 Å². The van der Waals surface area contributed by atoms with E-state index in [1.807, 2.05) is 13.8 Å². The Kier molecular flexibility index (Phi) is 5.43. The van der Waals surface area contributed by atoms with Crippen molar-refractivity contribution in [1.82, 2.24) is 20.1 Å². The first-order valence-corrected chi connectivity index (χ1v) is 6.93. The van der Waals surface area contributed by atoms with Gasteiger partial charge < -0.3 is 10.1 Å². The van der Waals surface area contributed by atoms with Crippen molar-refractivity contribution >= 4 is 11.8 Å². The maximum absolute atomic E-state index is 11.3. The van der Waals surface area contributed by atoms with Crippen LogP contribution in [0.15, 0.2) is 9.95 Å². The topological polar surface area (TPSA) is 71.9 Å². The monoisotopic (exact) mass is 274 g/mol. The van der Waals surface area contributed by atoms with E-state index in [-0.39, 0.29) is 17.3 Å². The summed E-state index contributed by atoms with van der Waals surface area (Å²) in [5.74, 6) is 0.785. The van der Waals surface area contributed by atoms with Gasteiger partial charge in [0.05, 0.1) is 5.60 Å². The van der Waals surface area contributed by atoms with Crippen LogP contribution in [-0.2, 0) is 11.8 Å². The minimum atomic E-state index is -0.266. The predicted molar refractivity (Wildman–Crippen MR) is 73.1 cm³/mol. The molecule has 6 nitrogen and oxygen atoms in total. The summed E-state index contributed by atoms with van der Waals surface area (Å²) < 4.78 is 7.01. The second kappa shape index (κ2) is 6.40. The van der Waals surface area contributed by atoms with Crippen molar-refractivity contribution in [2.24, 2.45) is 7.05 Å². The van der Waals surface area contributed by atoms with E-state index in [0.717, 1.165) is 12.3 Å². The first-order chi connectivity index (χ1) is 8.42. The molecule has 1 rings (SSSR count). The molecule has 0 bridgehead atoms. The van der Waals surface area contributed by atoms with Crippen LogP contribution in [0.2, 0.25) is 0 Å². The Morgan fingerprint density at radius 3 is 2.72 bits per heavy atom. The smallest absolute Gasteiger partial charge is 0.343 e. The zero-order valence-electron chi connectivity index (χ0n) is 11.6. The van der Waals surface area contributed by atoms with Crippen molar-refractivity contribution in [3.05, 3.63) is 10.5 Å². The van der Waals surface area contributed by atoms with Gasteiger partial charge in [-0.25, -0.2) is 9.89 Å². The standard InChI is InChI=1S/C11H22N4O2S/c1-6-12-8(11(2,3)17-5)7-18-10-14-13-9(16)15(10)4/h8,12H,6-7H2,1-5H3,(H,13,16). The molecule has 18 heavy (non-hydrogen) atoms. The van der Waals surface area contributed by atoms with E-state index in [2.05, 4.69) is 22.4 Å². The molecule has 1 unspecified atom stereocenters. The lowest BCUT2D eigenvalue weighted by Gasteiger charge is -2.33. The predicted octanol–water partition coefficient (Wildman–Crippen LogP) is 0.604. The number of ether oxygens (including phenoxy) is 1. The summed E-state index contributed by atoms with van der Waals surface area (Å²) in [7, 11) is 3.41. The summed E-state index contributed by atoms with van der Waals surface area (Å²) in [5, 5.41) is 10.5. The number of likely N-dealkylation sites (N-methyl/N-ethyl adjacent to an activating group) is 1. The third kappa shape index (κ3) is 3.60. The van der Waals surface area contributed by atoms with Gasteiger partial charge in [0.15, 0.2) is 5.16 Å². The Morgan fingerprint density at radius 2 is 2.28 bits per heavy atom. The van der Waals surface area contributed by atoms with Crippen LogP contribution in [0.4, 0.5) is 0 Å². The lowest BCUT2D eigenvalue weighted by Crippen LogP contribution is -2.49. The molecule has 1 heterocycles. The second-order valence-electron chi connectivity index (χ2n) is 4.60. The number of aromatic nitrogens is 3. The van der Waals surface area contributed by atoms with Crippen LogP contribution in [-0.4, -0.2) is 45.8 Å². The van der Waals surface area contributed by atoms with Gasteiger partial charge in [0.25, 0.3) is 0 Å². The Labute approximate surface area is 111 Å². The minimum absolute atomic E-state index is 0.185. The van der Waals surface area contributed by atoms with Crippen LogP contribution < -0.4 is 11.0 Å². The number of nitrogens with one attached hydrogen (secondary N) is 2. The molecule has 0 spiro atoms. The van der Waals surface area contributed by atoms with E-state index in [4.69, 9.17) is 4.74 Å². The van der Waals surface area contributed by atoms with Gasteiger partial charge in [-0.3, -0.25) is 4.57 Å². The molecule has 1 aromatic rings. The van der Waals surface area contributed by atoms with Crippen molar-refractivity contribution < 1.29 is 4.74 Å². The Bertz CT molecular complexity index is 427. The number of hydrogen-bond donors (Lipinski definition) is 2. The zero-order valence-corrected chi connectivity index (χ0v) is 12.4. The fraction of sp³-hybridized carbons (Fsp3) is 0.818. The van der Waals surface area contributed by atoms with E-state index < -0.39 is 0 Å². The molecule has 0 radical (unpaired) electrons. The maximum Gasteiger partial charge on any atom is 0.343 e. The van der Waals surface area contributed by atoms with Gasteiger partial charge in [-0.05, 0) is 20.4 Å². The van der Waals surface area contributed by atoms with Crippen LogP contribution in [0.5, 0.6) is 0 Å². The number of hydrogen-bond acceptors (Lipinski definition) is 5. The molecule has 0 fully saturated rings. The van der Waals surface area contributed by atoms with Gasteiger partial charge in [-0.15, -0.1) is 5.10 Å².